The van der Waals surface area contributed by atoms with Gasteiger partial charge in [-0.05, 0) is 6.92 Å². The molecule has 0 aliphatic heterocycles. The monoisotopic (exact) mass is 176 g/mol. The second kappa shape index (κ2) is 7.67. The molecule has 6 heteroatoms. The van der Waals surface area contributed by atoms with Gasteiger partial charge in [0.1, 0.15) is 12.3 Å². The lowest BCUT2D eigenvalue weighted by atomic mass is 10.2. The topological polar surface area (TPSA) is 123 Å². The first-order valence-electron chi connectivity index (χ1n) is 3.12. The van der Waals surface area contributed by atoms with Crippen LogP contribution in [0, 0.1) is 0 Å². The summed E-state index contributed by atoms with van der Waals surface area (Å²) in [6, 6.07) is -1.16. The van der Waals surface area contributed by atoms with E-state index in [4.69, 9.17) is 15.6 Å². The number of carboxylic acids is 1. The van der Waals surface area contributed by atoms with Crippen LogP contribution in [0.2, 0.25) is 0 Å². The summed E-state index contributed by atoms with van der Waals surface area (Å²) in [7, 11) is 0. The largest absolute Gasteiger partial charge is 0.480 e. The van der Waals surface area contributed by atoms with Crippen LogP contribution in [0.4, 0.5) is 0 Å². The molecule has 0 unspecified atom stereocenters. The summed E-state index contributed by atoms with van der Waals surface area (Å²) >= 11 is 0. The number of hydrogen-bond acceptors (Lipinski definition) is 4. The van der Waals surface area contributed by atoms with Crippen LogP contribution in [0.15, 0.2) is 0 Å². The molecule has 0 aliphatic rings. The highest BCUT2D eigenvalue weighted by molar-refractivity contribution is 5.83. The first-order chi connectivity index (χ1) is 5.45. The van der Waals surface area contributed by atoms with Crippen LogP contribution in [0.3, 0.4) is 0 Å². The zero-order valence-electron chi connectivity index (χ0n) is 6.69. The zero-order chi connectivity index (χ0) is 10.1. The summed E-state index contributed by atoms with van der Waals surface area (Å²) in [5.41, 5.74) is 9.57. The molecule has 0 rings (SSSR count). The Balaban J connectivity index is 0. The van der Waals surface area contributed by atoms with Gasteiger partial charge in [-0.25, -0.2) is 0 Å². The summed E-state index contributed by atoms with van der Waals surface area (Å²) in [6.07, 6.45) is 0.440. The van der Waals surface area contributed by atoms with Crippen molar-refractivity contribution in [3.8, 4) is 0 Å². The summed E-state index contributed by atoms with van der Waals surface area (Å²) in [6.45, 7) is 1.44. The van der Waals surface area contributed by atoms with Crippen molar-refractivity contribution < 1.29 is 19.5 Å². The molecule has 0 bridgehead atoms. The average Bonchev–Trinajstić information content (AvgIpc) is 1.87. The van der Waals surface area contributed by atoms with Crippen molar-refractivity contribution in [3.63, 3.8) is 0 Å². The van der Waals surface area contributed by atoms with Crippen molar-refractivity contribution >= 4 is 18.2 Å². The Morgan fingerprint density at radius 1 is 1.58 bits per heavy atom. The minimum atomic E-state index is -1.21. The van der Waals surface area contributed by atoms with E-state index in [1.165, 1.54) is 6.92 Å². The van der Waals surface area contributed by atoms with Crippen molar-refractivity contribution in [2.45, 2.75) is 19.4 Å². The van der Waals surface area contributed by atoms with Crippen LogP contribution >= 0.6 is 0 Å². The molecule has 0 heterocycles. The Bertz CT molecular complexity index is 169. The molecule has 0 fully saturated rings. The number of aliphatic carboxylic acids is 1. The number of hydrogen-bond donors (Lipinski definition) is 3. The lowest BCUT2D eigenvalue weighted by molar-refractivity contribution is -0.140. The van der Waals surface area contributed by atoms with Gasteiger partial charge in [-0.2, -0.15) is 0 Å². The zero-order valence-corrected chi connectivity index (χ0v) is 6.69. The highest BCUT2D eigenvalue weighted by Gasteiger charge is 2.13. The normalized spacial score (nSPS) is 10.5. The molecule has 0 radical (unpaired) electrons. The lowest BCUT2D eigenvalue weighted by Gasteiger charge is -1.99. The Kier molecular flexibility index (Phi) is 8.43. The Labute approximate surface area is 69.5 Å². The molecule has 5 N–H and O–H groups in total. The van der Waals surface area contributed by atoms with Crippen LogP contribution < -0.4 is 11.5 Å². The first kappa shape index (κ1) is 13.2. The van der Waals surface area contributed by atoms with E-state index in [0.29, 0.717) is 0 Å². The highest BCUT2D eigenvalue weighted by atomic mass is 16.4. The average molecular weight is 176 g/mol. The van der Waals surface area contributed by atoms with Gasteiger partial charge in [0.2, 0.25) is 5.91 Å². The van der Waals surface area contributed by atoms with E-state index >= 15 is 0 Å². The summed E-state index contributed by atoms with van der Waals surface area (Å²) in [5, 5.41) is 8.10. The maximum absolute atomic E-state index is 9.99. The molecule has 0 spiro atoms. The first-order valence-corrected chi connectivity index (χ1v) is 3.12. The summed E-state index contributed by atoms with van der Waals surface area (Å²) in [4.78, 5) is 28.7. The van der Waals surface area contributed by atoms with Gasteiger partial charge < -0.3 is 21.4 Å². The third-order valence-corrected chi connectivity index (χ3v) is 0.738. The van der Waals surface area contributed by atoms with Gasteiger partial charge in [-0.15, -0.1) is 0 Å². The second-order valence-corrected chi connectivity index (χ2v) is 1.85. The molecule has 0 aromatic carbocycles. The molecule has 12 heavy (non-hydrogen) atoms. The molecule has 0 saturated heterocycles. The lowest BCUT2D eigenvalue weighted by Crippen LogP contribution is -2.34. The molecular formula is C6H12N2O4. The molecule has 6 nitrogen and oxygen atoms in total. The summed E-state index contributed by atoms with van der Waals surface area (Å²) < 4.78 is 0. The molecule has 0 saturated carbocycles. The van der Waals surface area contributed by atoms with Crippen LogP contribution in [0.5, 0.6) is 0 Å². The van der Waals surface area contributed by atoms with Gasteiger partial charge in [-0.1, -0.05) is 0 Å². The van der Waals surface area contributed by atoms with E-state index in [1.807, 2.05) is 0 Å². The highest BCUT2D eigenvalue weighted by Crippen LogP contribution is 1.84. The maximum Gasteiger partial charge on any atom is 0.321 e. The SMILES string of the molecule is CC=O.NC(=O)C[C@H](N)C(=O)O. The van der Waals surface area contributed by atoms with Crippen molar-refractivity contribution in [2.24, 2.45) is 11.5 Å². The summed E-state index contributed by atoms with van der Waals surface area (Å²) in [5.74, 6) is -1.92. The van der Waals surface area contributed by atoms with Crippen molar-refractivity contribution in [3.05, 3.63) is 0 Å². The minimum absolute atomic E-state index is 0.310. The molecule has 0 aliphatic carbocycles. The van der Waals surface area contributed by atoms with Gasteiger partial charge in [0.15, 0.2) is 0 Å². The van der Waals surface area contributed by atoms with Crippen LogP contribution in [0.25, 0.3) is 0 Å². The van der Waals surface area contributed by atoms with E-state index in [-0.39, 0.29) is 6.42 Å². The number of rotatable bonds is 3. The van der Waals surface area contributed by atoms with E-state index in [0.717, 1.165) is 6.29 Å². The number of amides is 1. The Hall–Kier alpha value is -1.43. The molecule has 70 valence electrons. The Morgan fingerprint density at radius 3 is 2.00 bits per heavy atom. The third kappa shape index (κ3) is 11.4. The fourth-order valence-corrected chi connectivity index (χ4v) is 0.304. The third-order valence-electron chi connectivity index (χ3n) is 0.738. The van der Waals surface area contributed by atoms with Gasteiger partial charge in [0.25, 0.3) is 0 Å². The number of carboxylic acid groups (broad SMARTS) is 1. The fourth-order valence-electron chi connectivity index (χ4n) is 0.304. The van der Waals surface area contributed by atoms with Gasteiger partial charge in [0, 0.05) is 0 Å². The fraction of sp³-hybridized carbons (Fsp3) is 0.500. The van der Waals surface area contributed by atoms with Crippen LogP contribution in [-0.4, -0.2) is 29.3 Å². The Morgan fingerprint density at radius 2 is 1.92 bits per heavy atom. The van der Waals surface area contributed by atoms with E-state index < -0.39 is 17.9 Å². The van der Waals surface area contributed by atoms with Crippen LogP contribution in [0.1, 0.15) is 13.3 Å². The molecule has 1 atom stereocenters. The standard InChI is InChI=1S/C4H8N2O3.C2H4O/c5-2(4(8)9)1-3(6)7;1-2-3/h2H,1,5H2,(H2,6,7)(H,8,9);2H,1H3/t2-;/m0./s1. The predicted molar refractivity (Wildman–Crippen MR) is 41.2 cm³/mol. The van der Waals surface area contributed by atoms with E-state index in [2.05, 4.69) is 5.73 Å². The van der Waals surface area contributed by atoms with E-state index in [9.17, 15) is 9.59 Å². The van der Waals surface area contributed by atoms with Gasteiger partial charge >= 0.3 is 5.97 Å². The number of nitrogens with two attached hydrogens (primary N) is 2. The number of primary amides is 1. The van der Waals surface area contributed by atoms with Gasteiger partial charge in [0.05, 0.1) is 6.42 Å². The predicted octanol–water partition coefficient (Wildman–Crippen LogP) is -1.52. The smallest absolute Gasteiger partial charge is 0.321 e. The molecule has 1 amide bonds. The number of carbonyl (C=O) groups excluding carboxylic acids is 2. The molecule has 0 aromatic rings. The minimum Gasteiger partial charge on any atom is -0.480 e. The van der Waals surface area contributed by atoms with E-state index in [1.54, 1.807) is 0 Å². The quantitative estimate of drug-likeness (QED) is 0.450. The van der Waals surface area contributed by atoms with Crippen molar-refractivity contribution in [2.75, 3.05) is 0 Å². The molecular weight excluding hydrogens is 164 g/mol. The van der Waals surface area contributed by atoms with Crippen molar-refractivity contribution in [1.82, 2.24) is 0 Å². The number of carbonyl (C=O) groups is 3. The number of aldehydes is 1. The maximum atomic E-state index is 9.99. The van der Waals surface area contributed by atoms with Crippen LogP contribution in [-0.2, 0) is 14.4 Å². The van der Waals surface area contributed by atoms with Crippen molar-refractivity contribution in [1.29, 1.82) is 0 Å². The molecule has 0 aromatic heterocycles. The second-order valence-electron chi connectivity index (χ2n) is 1.85. The van der Waals surface area contributed by atoms with Gasteiger partial charge in [-0.3, -0.25) is 9.59 Å².